The van der Waals surface area contributed by atoms with Crippen LogP contribution in [-0.4, -0.2) is 36.0 Å². The number of carbonyl (C=O) groups is 3. The van der Waals surface area contributed by atoms with Crippen LogP contribution >= 0.6 is 11.6 Å². The molecular formula is C25H21ClN2O5. The molecule has 1 aliphatic rings. The fourth-order valence-electron chi connectivity index (χ4n) is 3.69. The van der Waals surface area contributed by atoms with E-state index in [-0.39, 0.29) is 12.3 Å². The lowest BCUT2D eigenvalue weighted by molar-refractivity contribution is -0.146. The molecule has 0 bridgehead atoms. The lowest BCUT2D eigenvalue weighted by atomic mass is 10.0. The van der Waals surface area contributed by atoms with Gasteiger partial charge in [-0.1, -0.05) is 41.9 Å². The molecule has 168 valence electrons. The average Bonchev–Trinajstić information content (AvgIpc) is 3.16. The monoisotopic (exact) mass is 464 g/mol. The molecule has 3 aromatic carbocycles. The van der Waals surface area contributed by atoms with E-state index in [0.717, 1.165) is 11.1 Å². The second-order valence-electron chi connectivity index (χ2n) is 7.50. The van der Waals surface area contributed by atoms with E-state index in [1.54, 1.807) is 60.7 Å². The molecular weight excluding hydrogens is 444 g/mol. The van der Waals surface area contributed by atoms with Gasteiger partial charge in [0.15, 0.2) is 0 Å². The minimum Gasteiger partial charge on any atom is -0.467 e. The van der Waals surface area contributed by atoms with Crippen molar-refractivity contribution in [2.75, 3.05) is 12.4 Å². The van der Waals surface area contributed by atoms with Crippen molar-refractivity contribution >= 4 is 35.3 Å². The summed E-state index contributed by atoms with van der Waals surface area (Å²) in [4.78, 5) is 39.0. The Kier molecular flexibility index (Phi) is 6.60. The second-order valence-corrected chi connectivity index (χ2v) is 7.94. The van der Waals surface area contributed by atoms with E-state index in [1.807, 2.05) is 12.1 Å². The maximum atomic E-state index is 12.8. The van der Waals surface area contributed by atoms with E-state index in [1.165, 1.54) is 12.0 Å². The zero-order chi connectivity index (χ0) is 23.4. The SMILES string of the molecule is COC(=O)[C@@H](Cc1ccc(OC(=O)Nc2ccc(Cl)cc2)cc1)N1Cc2ccccc2C1=O. The van der Waals surface area contributed by atoms with Gasteiger partial charge in [0.05, 0.1) is 7.11 Å². The van der Waals surface area contributed by atoms with Crippen LogP contribution < -0.4 is 10.1 Å². The number of fused-ring (bicyclic) bond motifs is 1. The Bertz CT molecular complexity index is 1180. The van der Waals surface area contributed by atoms with Gasteiger partial charge in [-0.15, -0.1) is 0 Å². The van der Waals surface area contributed by atoms with Gasteiger partial charge in [0, 0.05) is 29.2 Å². The van der Waals surface area contributed by atoms with Crippen LogP contribution in [0.15, 0.2) is 72.8 Å². The van der Waals surface area contributed by atoms with Crippen LogP contribution in [0, 0.1) is 0 Å². The second kappa shape index (κ2) is 9.75. The highest BCUT2D eigenvalue weighted by Crippen LogP contribution is 2.27. The zero-order valence-corrected chi connectivity index (χ0v) is 18.5. The van der Waals surface area contributed by atoms with Gasteiger partial charge in [0.1, 0.15) is 11.8 Å². The summed E-state index contributed by atoms with van der Waals surface area (Å²) < 4.78 is 10.3. The fraction of sp³-hybridized carbons (Fsp3) is 0.160. The Labute approximate surface area is 195 Å². The normalized spacial score (nSPS) is 13.3. The van der Waals surface area contributed by atoms with Gasteiger partial charge >= 0.3 is 12.1 Å². The highest BCUT2D eigenvalue weighted by Gasteiger charge is 2.36. The Balaban J connectivity index is 1.42. The summed E-state index contributed by atoms with van der Waals surface area (Å²) in [5.41, 5.74) is 2.83. The van der Waals surface area contributed by atoms with Crippen LogP contribution in [-0.2, 0) is 22.5 Å². The van der Waals surface area contributed by atoms with Crippen molar-refractivity contribution in [3.63, 3.8) is 0 Å². The van der Waals surface area contributed by atoms with Crippen LogP contribution in [0.5, 0.6) is 5.75 Å². The van der Waals surface area contributed by atoms with Crippen molar-refractivity contribution in [2.45, 2.75) is 19.0 Å². The van der Waals surface area contributed by atoms with E-state index in [4.69, 9.17) is 21.1 Å². The highest BCUT2D eigenvalue weighted by molar-refractivity contribution is 6.30. The molecule has 4 rings (SSSR count). The van der Waals surface area contributed by atoms with Crippen molar-refractivity contribution in [3.05, 3.63) is 94.5 Å². The first-order valence-electron chi connectivity index (χ1n) is 10.2. The maximum absolute atomic E-state index is 12.8. The Morgan fingerprint density at radius 2 is 1.73 bits per heavy atom. The standard InChI is InChI=1S/C25H21ClN2O5/c1-32-24(30)22(28-15-17-4-2-3-5-21(17)23(28)29)14-16-6-12-20(13-7-16)33-25(31)27-19-10-8-18(26)9-11-19/h2-13,22H,14-15H2,1H3,(H,27,31)/t22-/m1/s1. The summed E-state index contributed by atoms with van der Waals surface area (Å²) in [5, 5.41) is 3.18. The average molecular weight is 465 g/mol. The molecule has 0 fully saturated rings. The van der Waals surface area contributed by atoms with Gasteiger partial charge in [0.2, 0.25) is 0 Å². The molecule has 7 nitrogen and oxygen atoms in total. The van der Waals surface area contributed by atoms with E-state index in [0.29, 0.717) is 28.6 Å². The van der Waals surface area contributed by atoms with Gasteiger partial charge < -0.3 is 14.4 Å². The number of esters is 1. The summed E-state index contributed by atoms with van der Waals surface area (Å²) >= 11 is 5.84. The van der Waals surface area contributed by atoms with Crippen molar-refractivity contribution in [1.29, 1.82) is 0 Å². The Hall–Kier alpha value is -3.84. The number of halogens is 1. The van der Waals surface area contributed by atoms with Crippen molar-refractivity contribution in [1.82, 2.24) is 4.90 Å². The molecule has 1 N–H and O–H groups in total. The number of nitrogens with one attached hydrogen (secondary N) is 1. The van der Waals surface area contributed by atoms with Crippen LogP contribution in [0.4, 0.5) is 10.5 Å². The molecule has 1 atom stereocenters. The molecule has 0 aromatic heterocycles. The molecule has 0 saturated carbocycles. The van der Waals surface area contributed by atoms with Crippen molar-refractivity contribution in [3.8, 4) is 5.75 Å². The topological polar surface area (TPSA) is 84.9 Å². The van der Waals surface area contributed by atoms with Crippen molar-refractivity contribution < 1.29 is 23.9 Å². The molecule has 1 aliphatic heterocycles. The minimum absolute atomic E-state index is 0.195. The smallest absolute Gasteiger partial charge is 0.417 e. The number of nitrogens with zero attached hydrogens (tertiary/aromatic N) is 1. The van der Waals surface area contributed by atoms with Gasteiger partial charge in [-0.05, 0) is 53.6 Å². The number of hydrogen-bond acceptors (Lipinski definition) is 5. The van der Waals surface area contributed by atoms with E-state index >= 15 is 0 Å². The van der Waals surface area contributed by atoms with Crippen LogP contribution in [0.1, 0.15) is 21.5 Å². The molecule has 0 radical (unpaired) electrons. The number of amides is 2. The quantitative estimate of drug-likeness (QED) is 0.535. The minimum atomic E-state index is -0.769. The Morgan fingerprint density at radius 1 is 1.03 bits per heavy atom. The number of rotatable bonds is 6. The number of benzene rings is 3. The largest absolute Gasteiger partial charge is 0.467 e. The molecule has 0 saturated heterocycles. The predicted octanol–water partition coefficient (Wildman–Crippen LogP) is 4.69. The maximum Gasteiger partial charge on any atom is 0.417 e. The third-order valence-corrected chi connectivity index (χ3v) is 5.60. The first kappa shape index (κ1) is 22.4. The summed E-state index contributed by atoms with van der Waals surface area (Å²) in [7, 11) is 1.30. The van der Waals surface area contributed by atoms with Gasteiger partial charge in [-0.2, -0.15) is 0 Å². The zero-order valence-electron chi connectivity index (χ0n) is 17.8. The fourth-order valence-corrected chi connectivity index (χ4v) is 3.81. The molecule has 8 heteroatoms. The lowest BCUT2D eigenvalue weighted by Gasteiger charge is -2.25. The molecule has 0 aliphatic carbocycles. The number of ether oxygens (including phenoxy) is 2. The lowest BCUT2D eigenvalue weighted by Crippen LogP contribution is -2.43. The van der Waals surface area contributed by atoms with Crippen LogP contribution in [0.25, 0.3) is 0 Å². The van der Waals surface area contributed by atoms with E-state index < -0.39 is 18.1 Å². The Morgan fingerprint density at radius 3 is 2.39 bits per heavy atom. The third kappa shape index (κ3) is 5.15. The number of hydrogen-bond donors (Lipinski definition) is 1. The molecule has 2 amide bonds. The summed E-state index contributed by atoms with van der Waals surface area (Å²) in [6.45, 7) is 0.348. The molecule has 1 heterocycles. The summed E-state index contributed by atoms with van der Waals surface area (Å²) in [6, 6.07) is 19.9. The first-order valence-corrected chi connectivity index (χ1v) is 10.6. The number of carbonyl (C=O) groups excluding carboxylic acids is 3. The summed E-state index contributed by atoms with van der Waals surface area (Å²) in [5.74, 6) is -0.344. The van der Waals surface area contributed by atoms with Crippen LogP contribution in [0.2, 0.25) is 5.02 Å². The third-order valence-electron chi connectivity index (χ3n) is 5.35. The van der Waals surface area contributed by atoms with Gasteiger partial charge in [-0.25, -0.2) is 9.59 Å². The predicted molar refractivity (Wildman–Crippen MR) is 123 cm³/mol. The van der Waals surface area contributed by atoms with E-state index in [2.05, 4.69) is 5.32 Å². The molecule has 33 heavy (non-hydrogen) atoms. The molecule has 0 unspecified atom stereocenters. The summed E-state index contributed by atoms with van der Waals surface area (Å²) in [6.07, 6.45) is -0.373. The number of anilines is 1. The van der Waals surface area contributed by atoms with E-state index in [9.17, 15) is 14.4 Å². The first-order chi connectivity index (χ1) is 15.9. The highest BCUT2D eigenvalue weighted by atomic mass is 35.5. The van der Waals surface area contributed by atoms with Crippen LogP contribution in [0.3, 0.4) is 0 Å². The molecule has 0 spiro atoms. The van der Waals surface area contributed by atoms with Gasteiger partial charge in [-0.3, -0.25) is 10.1 Å². The number of methoxy groups -OCH3 is 1. The van der Waals surface area contributed by atoms with Gasteiger partial charge in [0.25, 0.3) is 5.91 Å². The molecule has 3 aromatic rings. The van der Waals surface area contributed by atoms with Crippen molar-refractivity contribution in [2.24, 2.45) is 0 Å².